The monoisotopic (exact) mass is 340 g/mol. The van der Waals surface area contributed by atoms with Gasteiger partial charge in [-0.05, 0) is 48.7 Å². The van der Waals surface area contributed by atoms with Crippen LogP contribution in [0, 0.1) is 18.7 Å². The maximum absolute atomic E-state index is 13.3. The predicted molar refractivity (Wildman–Crippen MR) is 90.5 cm³/mol. The van der Waals surface area contributed by atoms with E-state index in [1.807, 2.05) is 0 Å². The van der Waals surface area contributed by atoms with Gasteiger partial charge in [-0.15, -0.1) is 0 Å². The molecule has 1 saturated heterocycles. The van der Waals surface area contributed by atoms with Crippen LogP contribution in [0.4, 0.5) is 10.1 Å². The lowest BCUT2D eigenvalue weighted by molar-refractivity contribution is -0.125. The van der Waals surface area contributed by atoms with E-state index in [-0.39, 0.29) is 35.6 Å². The lowest BCUT2D eigenvalue weighted by atomic mass is 9.98. The van der Waals surface area contributed by atoms with Crippen LogP contribution >= 0.6 is 0 Å². The molecule has 5 nitrogen and oxygen atoms in total. The van der Waals surface area contributed by atoms with E-state index in [4.69, 9.17) is 0 Å². The number of imide groups is 1. The van der Waals surface area contributed by atoms with Gasteiger partial charge in [-0.25, -0.2) is 4.39 Å². The summed E-state index contributed by atoms with van der Waals surface area (Å²) in [6.07, 6.45) is 0.672. The average molecular weight is 340 g/mol. The van der Waals surface area contributed by atoms with E-state index in [1.165, 1.54) is 12.1 Å². The van der Waals surface area contributed by atoms with Crippen LogP contribution in [0.5, 0.6) is 0 Å². The largest absolute Gasteiger partial charge is 0.322 e. The third-order valence-corrected chi connectivity index (χ3v) is 4.20. The van der Waals surface area contributed by atoms with Crippen LogP contribution in [-0.4, -0.2) is 17.7 Å². The summed E-state index contributed by atoms with van der Waals surface area (Å²) < 4.78 is 13.3. The second kappa shape index (κ2) is 6.84. The van der Waals surface area contributed by atoms with E-state index in [0.717, 1.165) is 5.56 Å². The Hall–Kier alpha value is -3.02. The first kappa shape index (κ1) is 16.8. The van der Waals surface area contributed by atoms with Crippen LogP contribution in [0.2, 0.25) is 0 Å². The number of amides is 3. The fourth-order valence-corrected chi connectivity index (χ4v) is 2.82. The lowest BCUT2D eigenvalue weighted by Crippen LogP contribution is -2.22. The fourth-order valence-electron chi connectivity index (χ4n) is 2.82. The Kier molecular flexibility index (Phi) is 4.61. The number of hydrogen-bond donors (Lipinski definition) is 2. The van der Waals surface area contributed by atoms with Crippen LogP contribution in [0.3, 0.4) is 0 Å². The molecule has 128 valence electrons. The van der Waals surface area contributed by atoms with Gasteiger partial charge in [0.1, 0.15) is 5.82 Å². The molecule has 3 rings (SSSR count). The fraction of sp³-hybridized carbons (Fsp3) is 0.211. The molecule has 0 aliphatic carbocycles. The summed E-state index contributed by atoms with van der Waals surface area (Å²) >= 11 is 0. The Labute approximate surface area is 144 Å². The third kappa shape index (κ3) is 3.91. The standard InChI is InChI=1S/C19H17FN2O3/c1-11-2-5-14(20)10-16(11)19(25)21-15-6-3-12(4-7-15)8-13-9-17(23)22-18(13)24/h2-7,10,13H,8-9H2,1H3,(H,21,25)(H,22,23,24)/t13-/m1/s1. The summed E-state index contributed by atoms with van der Waals surface area (Å²) in [5.74, 6) is -1.68. The van der Waals surface area contributed by atoms with Crippen molar-refractivity contribution in [1.29, 1.82) is 0 Å². The number of anilines is 1. The molecule has 1 aliphatic heterocycles. The van der Waals surface area contributed by atoms with Gasteiger partial charge in [0.25, 0.3) is 5.91 Å². The van der Waals surface area contributed by atoms with Crippen LogP contribution < -0.4 is 10.6 Å². The van der Waals surface area contributed by atoms with E-state index in [2.05, 4.69) is 10.6 Å². The molecule has 25 heavy (non-hydrogen) atoms. The second-order valence-electron chi connectivity index (χ2n) is 6.13. The SMILES string of the molecule is Cc1ccc(F)cc1C(=O)Nc1ccc(C[C@@H]2CC(=O)NC2=O)cc1. The first-order valence-corrected chi connectivity index (χ1v) is 7.92. The average Bonchev–Trinajstić information content (AvgIpc) is 2.89. The molecule has 6 heteroatoms. The van der Waals surface area contributed by atoms with Crippen molar-refractivity contribution in [3.8, 4) is 0 Å². The van der Waals surface area contributed by atoms with Crippen LogP contribution in [0.25, 0.3) is 0 Å². The van der Waals surface area contributed by atoms with E-state index < -0.39 is 5.82 Å². The van der Waals surface area contributed by atoms with Crippen molar-refractivity contribution >= 4 is 23.4 Å². The zero-order chi connectivity index (χ0) is 18.0. The Balaban J connectivity index is 1.66. The normalized spacial score (nSPS) is 16.6. The highest BCUT2D eigenvalue weighted by atomic mass is 19.1. The van der Waals surface area contributed by atoms with Crippen molar-refractivity contribution in [2.75, 3.05) is 5.32 Å². The van der Waals surface area contributed by atoms with Crippen LogP contribution in [-0.2, 0) is 16.0 Å². The summed E-state index contributed by atoms with van der Waals surface area (Å²) in [6, 6.07) is 11.1. The predicted octanol–water partition coefficient (Wildman–Crippen LogP) is 2.59. The van der Waals surface area contributed by atoms with Gasteiger partial charge >= 0.3 is 0 Å². The molecule has 0 unspecified atom stereocenters. The first-order chi connectivity index (χ1) is 11.9. The quantitative estimate of drug-likeness (QED) is 0.840. The Morgan fingerprint density at radius 1 is 1.20 bits per heavy atom. The minimum atomic E-state index is -0.463. The number of halogens is 1. The van der Waals surface area contributed by atoms with Gasteiger partial charge in [0, 0.05) is 17.7 Å². The molecule has 0 aromatic heterocycles. The molecule has 1 fully saturated rings. The summed E-state index contributed by atoms with van der Waals surface area (Å²) in [7, 11) is 0. The molecular weight excluding hydrogens is 323 g/mol. The van der Waals surface area contributed by atoms with Gasteiger partial charge in [0.2, 0.25) is 11.8 Å². The highest BCUT2D eigenvalue weighted by Gasteiger charge is 2.30. The second-order valence-corrected chi connectivity index (χ2v) is 6.13. The molecule has 0 radical (unpaired) electrons. The number of benzene rings is 2. The van der Waals surface area contributed by atoms with Crippen molar-refractivity contribution in [3.05, 3.63) is 65.0 Å². The van der Waals surface area contributed by atoms with Gasteiger partial charge in [-0.3, -0.25) is 19.7 Å². The lowest BCUT2D eigenvalue weighted by Gasteiger charge is -2.10. The maximum atomic E-state index is 13.3. The highest BCUT2D eigenvalue weighted by Crippen LogP contribution is 2.19. The van der Waals surface area contributed by atoms with Crippen molar-refractivity contribution in [1.82, 2.24) is 5.32 Å². The molecule has 2 N–H and O–H groups in total. The molecule has 1 atom stereocenters. The molecule has 0 saturated carbocycles. The van der Waals surface area contributed by atoms with Crippen molar-refractivity contribution < 1.29 is 18.8 Å². The first-order valence-electron chi connectivity index (χ1n) is 7.92. The van der Waals surface area contributed by atoms with Gasteiger partial charge in [0.15, 0.2) is 0 Å². The number of carbonyl (C=O) groups is 3. The summed E-state index contributed by atoms with van der Waals surface area (Å²) in [5.41, 5.74) is 2.44. The van der Waals surface area contributed by atoms with E-state index in [9.17, 15) is 18.8 Å². The number of nitrogens with one attached hydrogen (secondary N) is 2. The highest BCUT2D eigenvalue weighted by molar-refractivity contribution is 6.05. The summed E-state index contributed by atoms with van der Waals surface area (Å²) in [5, 5.41) is 5.01. The molecule has 1 heterocycles. The van der Waals surface area contributed by atoms with Crippen molar-refractivity contribution in [2.45, 2.75) is 19.8 Å². The zero-order valence-corrected chi connectivity index (χ0v) is 13.6. The number of carbonyl (C=O) groups excluding carboxylic acids is 3. The third-order valence-electron chi connectivity index (χ3n) is 4.20. The van der Waals surface area contributed by atoms with Crippen LogP contribution in [0.15, 0.2) is 42.5 Å². The molecule has 3 amide bonds. The summed E-state index contributed by atoms with van der Waals surface area (Å²) in [4.78, 5) is 35.1. The molecule has 2 aromatic rings. The molecule has 2 aromatic carbocycles. The molecule has 0 spiro atoms. The number of rotatable bonds is 4. The van der Waals surface area contributed by atoms with E-state index in [0.29, 0.717) is 17.7 Å². The van der Waals surface area contributed by atoms with Crippen LogP contribution in [0.1, 0.15) is 27.9 Å². The molecule has 1 aliphatic rings. The minimum absolute atomic E-state index is 0.205. The van der Waals surface area contributed by atoms with Gasteiger partial charge in [-0.1, -0.05) is 18.2 Å². The van der Waals surface area contributed by atoms with E-state index in [1.54, 1.807) is 37.3 Å². The zero-order valence-electron chi connectivity index (χ0n) is 13.6. The topological polar surface area (TPSA) is 75.3 Å². The smallest absolute Gasteiger partial charge is 0.256 e. The minimum Gasteiger partial charge on any atom is -0.322 e. The van der Waals surface area contributed by atoms with E-state index >= 15 is 0 Å². The Bertz CT molecular complexity index is 846. The van der Waals surface area contributed by atoms with Gasteiger partial charge in [0.05, 0.1) is 5.92 Å². The maximum Gasteiger partial charge on any atom is 0.256 e. The Morgan fingerprint density at radius 3 is 2.56 bits per heavy atom. The van der Waals surface area contributed by atoms with Crippen molar-refractivity contribution in [3.63, 3.8) is 0 Å². The number of hydrogen-bond acceptors (Lipinski definition) is 3. The van der Waals surface area contributed by atoms with Crippen molar-refractivity contribution in [2.24, 2.45) is 5.92 Å². The summed E-state index contributed by atoms with van der Waals surface area (Å²) in [6.45, 7) is 1.74. The van der Waals surface area contributed by atoms with Gasteiger partial charge < -0.3 is 5.32 Å². The number of aryl methyl sites for hydroxylation is 1. The molecular formula is C19H17FN2O3. The Morgan fingerprint density at radius 2 is 1.92 bits per heavy atom. The molecule has 0 bridgehead atoms. The van der Waals surface area contributed by atoms with Gasteiger partial charge in [-0.2, -0.15) is 0 Å².